The highest BCUT2D eigenvalue weighted by atomic mass is 16.5. The van der Waals surface area contributed by atoms with Crippen molar-refractivity contribution < 1.29 is 20.2 Å². The molecule has 2 rings (SSSR count). The lowest BCUT2D eigenvalue weighted by Gasteiger charge is -2.14. The maximum atomic E-state index is 9.86. The van der Waals surface area contributed by atoms with Crippen molar-refractivity contribution >= 4 is 6.21 Å². The molecule has 1 aromatic carbocycles. The zero-order valence-electron chi connectivity index (χ0n) is 12.8. The standard InChI is InChI=1S/C16H24N2O4/c1-16(11-17-16)13-5-2-12(3-6-13)4-7-14(19)9-22-10-15(20)8-18-21/h2-3,5-6,11,14-15,18-21H,4,7-10H2,1H3. The summed E-state index contributed by atoms with van der Waals surface area (Å²) >= 11 is 0. The predicted molar refractivity (Wildman–Crippen MR) is 83.2 cm³/mol. The minimum Gasteiger partial charge on any atom is -0.391 e. The first-order valence-electron chi connectivity index (χ1n) is 7.50. The summed E-state index contributed by atoms with van der Waals surface area (Å²) in [4.78, 5) is 4.25. The van der Waals surface area contributed by atoms with Crippen molar-refractivity contribution in [3.05, 3.63) is 35.4 Å². The summed E-state index contributed by atoms with van der Waals surface area (Å²) < 4.78 is 5.20. The number of hydroxylamine groups is 1. The molecule has 6 nitrogen and oxygen atoms in total. The van der Waals surface area contributed by atoms with E-state index >= 15 is 0 Å². The third-order valence-corrected chi connectivity index (χ3v) is 3.77. The molecule has 4 N–H and O–H groups in total. The fourth-order valence-electron chi connectivity index (χ4n) is 2.18. The molecule has 0 bridgehead atoms. The summed E-state index contributed by atoms with van der Waals surface area (Å²) in [5, 5.41) is 27.6. The maximum absolute atomic E-state index is 9.86. The third-order valence-electron chi connectivity index (χ3n) is 3.77. The normalized spacial score (nSPS) is 22.5. The van der Waals surface area contributed by atoms with Gasteiger partial charge in [-0.25, -0.2) is 5.48 Å². The van der Waals surface area contributed by atoms with Crippen LogP contribution in [0.3, 0.4) is 0 Å². The van der Waals surface area contributed by atoms with Crippen LogP contribution in [0.25, 0.3) is 0 Å². The third kappa shape index (κ3) is 5.15. The van der Waals surface area contributed by atoms with Crippen LogP contribution in [0.4, 0.5) is 0 Å². The molecular formula is C16H24N2O4. The van der Waals surface area contributed by atoms with Crippen LogP contribution < -0.4 is 5.48 Å². The lowest BCUT2D eigenvalue weighted by molar-refractivity contribution is -0.0187. The molecule has 1 heterocycles. The molecule has 1 aliphatic rings. The van der Waals surface area contributed by atoms with Gasteiger partial charge in [0.15, 0.2) is 0 Å². The first kappa shape index (κ1) is 17.1. The molecule has 0 aliphatic carbocycles. The van der Waals surface area contributed by atoms with Crippen LogP contribution in [0.2, 0.25) is 0 Å². The summed E-state index contributed by atoms with van der Waals surface area (Å²) in [6.07, 6.45) is 1.95. The number of aliphatic imine (C=N–C) groups is 1. The van der Waals surface area contributed by atoms with Crippen LogP contribution >= 0.6 is 0 Å². The number of rotatable bonds is 10. The van der Waals surface area contributed by atoms with E-state index in [4.69, 9.17) is 9.94 Å². The highest BCUT2D eigenvalue weighted by Gasteiger charge is 2.32. The molecule has 122 valence electrons. The molecule has 0 saturated carbocycles. The Hall–Kier alpha value is -1.31. The number of nitrogens with one attached hydrogen (secondary N) is 1. The van der Waals surface area contributed by atoms with E-state index in [2.05, 4.69) is 36.2 Å². The first-order valence-corrected chi connectivity index (χ1v) is 7.50. The summed E-state index contributed by atoms with van der Waals surface area (Å²) in [5.41, 5.74) is 4.12. The summed E-state index contributed by atoms with van der Waals surface area (Å²) in [6, 6.07) is 8.27. The largest absolute Gasteiger partial charge is 0.391 e. The Morgan fingerprint density at radius 3 is 2.41 bits per heavy atom. The van der Waals surface area contributed by atoms with Crippen LogP contribution in [0.15, 0.2) is 29.3 Å². The van der Waals surface area contributed by atoms with Crippen LogP contribution in [-0.2, 0) is 16.7 Å². The Bertz CT molecular complexity index is 483. The second kappa shape index (κ2) is 7.80. The van der Waals surface area contributed by atoms with Crippen molar-refractivity contribution in [2.75, 3.05) is 19.8 Å². The summed E-state index contributed by atoms with van der Waals surface area (Å²) in [7, 11) is 0. The van der Waals surface area contributed by atoms with E-state index in [1.54, 1.807) is 0 Å². The molecule has 1 aliphatic heterocycles. The molecule has 3 atom stereocenters. The second-order valence-corrected chi connectivity index (χ2v) is 5.85. The smallest absolute Gasteiger partial charge is 0.117 e. The van der Waals surface area contributed by atoms with E-state index in [-0.39, 0.29) is 25.3 Å². The van der Waals surface area contributed by atoms with Crippen molar-refractivity contribution in [1.82, 2.24) is 5.48 Å². The van der Waals surface area contributed by atoms with Crippen LogP contribution in [0.1, 0.15) is 24.5 Å². The van der Waals surface area contributed by atoms with E-state index in [1.807, 2.05) is 11.7 Å². The van der Waals surface area contributed by atoms with Crippen molar-refractivity contribution in [1.29, 1.82) is 0 Å². The minimum atomic E-state index is -0.782. The Kier molecular flexibility index (Phi) is 6.05. The van der Waals surface area contributed by atoms with Gasteiger partial charge in [-0.15, -0.1) is 0 Å². The van der Waals surface area contributed by atoms with Gasteiger partial charge in [-0.2, -0.15) is 0 Å². The van der Waals surface area contributed by atoms with Gasteiger partial charge in [0.05, 0.1) is 25.4 Å². The summed E-state index contributed by atoms with van der Waals surface area (Å²) in [5.74, 6) is 0. The van der Waals surface area contributed by atoms with E-state index in [0.717, 1.165) is 12.0 Å². The average molecular weight is 308 g/mol. The highest BCUT2D eigenvalue weighted by molar-refractivity contribution is 5.85. The van der Waals surface area contributed by atoms with Gasteiger partial charge in [-0.1, -0.05) is 24.3 Å². The average Bonchev–Trinajstić information content (AvgIpc) is 3.25. The molecule has 0 radical (unpaired) electrons. The monoisotopic (exact) mass is 308 g/mol. The number of aliphatic hydroxyl groups is 2. The van der Waals surface area contributed by atoms with E-state index < -0.39 is 12.2 Å². The lowest BCUT2D eigenvalue weighted by atomic mass is 9.97. The Morgan fingerprint density at radius 1 is 1.18 bits per heavy atom. The fraction of sp³-hybridized carbons (Fsp3) is 0.562. The van der Waals surface area contributed by atoms with Gasteiger partial charge >= 0.3 is 0 Å². The first-order chi connectivity index (χ1) is 10.5. The van der Waals surface area contributed by atoms with Gasteiger partial charge in [-0.05, 0) is 30.9 Å². The molecule has 0 aromatic heterocycles. The van der Waals surface area contributed by atoms with Gasteiger partial charge in [0, 0.05) is 12.8 Å². The zero-order valence-corrected chi connectivity index (χ0v) is 12.8. The molecule has 0 spiro atoms. The van der Waals surface area contributed by atoms with Crippen molar-refractivity contribution in [3.8, 4) is 0 Å². The molecule has 0 saturated heterocycles. The number of aryl methyl sites for hydroxylation is 1. The van der Waals surface area contributed by atoms with Gasteiger partial charge in [0.25, 0.3) is 0 Å². The van der Waals surface area contributed by atoms with Gasteiger partial charge < -0.3 is 20.2 Å². The predicted octanol–water partition coefficient (Wildman–Crippen LogP) is 0.636. The van der Waals surface area contributed by atoms with Crippen molar-refractivity contribution in [3.63, 3.8) is 0 Å². The Morgan fingerprint density at radius 2 is 1.82 bits per heavy atom. The molecule has 22 heavy (non-hydrogen) atoms. The summed E-state index contributed by atoms with van der Waals surface area (Å²) in [6.45, 7) is 2.37. The van der Waals surface area contributed by atoms with Crippen molar-refractivity contribution in [2.45, 2.75) is 37.5 Å². The molecule has 1 aromatic rings. The number of ether oxygens (including phenoxy) is 1. The Labute approximate surface area is 130 Å². The molecule has 6 heteroatoms. The SMILES string of the molecule is CC1(c2ccc(CCC(O)COCC(O)CNO)cc2)C=N1. The molecule has 3 unspecified atom stereocenters. The lowest BCUT2D eigenvalue weighted by Crippen LogP contribution is -2.29. The number of benzene rings is 1. The quantitative estimate of drug-likeness (QED) is 0.476. The second-order valence-electron chi connectivity index (χ2n) is 5.85. The van der Waals surface area contributed by atoms with Crippen LogP contribution in [0, 0.1) is 0 Å². The van der Waals surface area contributed by atoms with Crippen molar-refractivity contribution in [2.24, 2.45) is 4.99 Å². The number of nitrogens with zero attached hydrogens (tertiary/aromatic N) is 1. The minimum absolute atomic E-state index is 0.0467. The van der Waals surface area contributed by atoms with E-state index in [9.17, 15) is 10.2 Å². The van der Waals surface area contributed by atoms with E-state index in [1.165, 1.54) is 5.56 Å². The number of hydrogen-bond donors (Lipinski definition) is 4. The molecule has 0 amide bonds. The molecule has 0 fully saturated rings. The van der Waals surface area contributed by atoms with Crippen LogP contribution in [0.5, 0.6) is 0 Å². The van der Waals surface area contributed by atoms with Gasteiger partial charge in [0.2, 0.25) is 0 Å². The molecular weight excluding hydrogens is 284 g/mol. The zero-order chi connectivity index (χ0) is 16.0. The number of hydrogen-bond acceptors (Lipinski definition) is 6. The number of aliphatic hydroxyl groups excluding tert-OH is 2. The maximum Gasteiger partial charge on any atom is 0.117 e. The fourth-order valence-corrected chi connectivity index (χ4v) is 2.18. The van der Waals surface area contributed by atoms with Gasteiger partial charge in [0.1, 0.15) is 5.54 Å². The topological polar surface area (TPSA) is 94.3 Å². The van der Waals surface area contributed by atoms with E-state index in [0.29, 0.717) is 6.42 Å². The van der Waals surface area contributed by atoms with Crippen LogP contribution in [-0.4, -0.2) is 53.6 Å². The highest BCUT2D eigenvalue weighted by Crippen LogP contribution is 2.32. The Balaban J connectivity index is 1.64. The van der Waals surface area contributed by atoms with Gasteiger partial charge in [-0.3, -0.25) is 4.99 Å².